The number of aryl methyl sites for hydroxylation is 1. The minimum atomic E-state index is 0.0384. The van der Waals surface area contributed by atoms with E-state index in [9.17, 15) is 4.79 Å². The quantitative estimate of drug-likeness (QED) is 0.457. The lowest BCUT2D eigenvalue weighted by atomic mass is 10.0. The summed E-state index contributed by atoms with van der Waals surface area (Å²) in [7, 11) is 1.92. The Morgan fingerprint density at radius 3 is 2.75 bits per heavy atom. The standard InChI is InChI=1S/C16H11ClINO/c1-19-9-14(13-6-5-11(17)8-15(13)19)16(20)10-3-2-4-12(18)7-10/h2-9H,1H3. The first-order chi connectivity index (χ1) is 9.56. The van der Waals surface area contributed by atoms with Crippen LogP contribution in [0.25, 0.3) is 10.9 Å². The number of ketones is 1. The van der Waals surface area contributed by atoms with Crippen LogP contribution in [0.1, 0.15) is 15.9 Å². The third-order valence-corrected chi connectivity index (χ3v) is 4.19. The summed E-state index contributed by atoms with van der Waals surface area (Å²) in [6, 6.07) is 13.2. The van der Waals surface area contributed by atoms with Gasteiger partial charge in [0, 0.05) is 43.9 Å². The number of aromatic nitrogens is 1. The Morgan fingerprint density at radius 1 is 1.20 bits per heavy atom. The van der Waals surface area contributed by atoms with E-state index in [0.717, 1.165) is 14.5 Å². The van der Waals surface area contributed by atoms with Crippen LogP contribution in [0.3, 0.4) is 0 Å². The van der Waals surface area contributed by atoms with Gasteiger partial charge in [0.05, 0.1) is 0 Å². The van der Waals surface area contributed by atoms with Gasteiger partial charge < -0.3 is 4.57 Å². The van der Waals surface area contributed by atoms with E-state index in [0.29, 0.717) is 16.1 Å². The maximum Gasteiger partial charge on any atom is 0.195 e. The number of hydrogen-bond acceptors (Lipinski definition) is 1. The number of fused-ring (bicyclic) bond motifs is 1. The van der Waals surface area contributed by atoms with Crippen LogP contribution in [0.5, 0.6) is 0 Å². The van der Waals surface area contributed by atoms with E-state index in [1.807, 2.05) is 60.3 Å². The number of nitrogens with zero attached hydrogens (tertiary/aromatic N) is 1. The zero-order chi connectivity index (χ0) is 14.3. The van der Waals surface area contributed by atoms with Crippen molar-refractivity contribution in [3.8, 4) is 0 Å². The fraction of sp³-hybridized carbons (Fsp3) is 0.0625. The minimum Gasteiger partial charge on any atom is -0.350 e. The number of benzene rings is 2. The third-order valence-electron chi connectivity index (χ3n) is 3.28. The van der Waals surface area contributed by atoms with Crippen LogP contribution < -0.4 is 0 Å². The fourth-order valence-electron chi connectivity index (χ4n) is 2.32. The zero-order valence-corrected chi connectivity index (χ0v) is 13.6. The zero-order valence-electron chi connectivity index (χ0n) is 10.7. The van der Waals surface area contributed by atoms with E-state index >= 15 is 0 Å². The lowest BCUT2D eigenvalue weighted by molar-refractivity contribution is 0.104. The maximum absolute atomic E-state index is 12.7. The summed E-state index contributed by atoms with van der Waals surface area (Å²) >= 11 is 8.23. The van der Waals surface area contributed by atoms with Crippen molar-refractivity contribution < 1.29 is 4.79 Å². The van der Waals surface area contributed by atoms with Crippen molar-refractivity contribution in [1.82, 2.24) is 4.57 Å². The molecule has 0 amide bonds. The summed E-state index contributed by atoms with van der Waals surface area (Å²) in [5.74, 6) is 0.0384. The number of carbonyl (C=O) groups excluding carboxylic acids is 1. The van der Waals surface area contributed by atoms with Gasteiger partial charge in [-0.05, 0) is 46.9 Å². The molecular weight excluding hydrogens is 385 g/mol. The van der Waals surface area contributed by atoms with Crippen LogP contribution in [0.15, 0.2) is 48.7 Å². The van der Waals surface area contributed by atoms with Crippen molar-refractivity contribution in [2.24, 2.45) is 7.05 Å². The van der Waals surface area contributed by atoms with Crippen molar-refractivity contribution in [2.45, 2.75) is 0 Å². The van der Waals surface area contributed by atoms with Crippen LogP contribution in [-0.2, 0) is 7.05 Å². The predicted octanol–water partition coefficient (Wildman–Crippen LogP) is 4.67. The Hall–Kier alpha value is -1.33. The molecule has 1 aromatic heterocycles. The van der Waals surface area contributed by atoms with Gasteiger partial charge in [-0.1, -0.05) is 29.8 Å². The molecule has 2 aromatic carbocycles. The highest BCUT2D eigenvalue weighted by molar-refractivity contribution is 14.1. The topological polar surface area (TPSA) is 22.0 Å². The van der Waals surface area contributed by atoms with Gasteiger partial charge in [-0.3, -0.25) is 4.79 Å². The van der Waals surface area contributed by atoms with Gasteiger partial charge in [0.15, 0.2) is 5.78 Å². The first-order valence-electron chi connectivity index (χ1n) is 6.11. The van der Waals surface area contributed by atoms with Gasteiger partial charge >= 0.3 is 0 Å². The SMILES string of the molecule is Cn1cc(C(=O)c2cccc(I)c2)c2ccc(Cl)cc21. The Bertz CT molecular complexity index is 822. The fourth-order valence-corrected chi connectivity index (χ4v) is 3.03. The predicted molar refractivity (Wildman–Crippen MR) is 90.5 cm³/mol. The highest BCUT2D eigenvalue weighted by Gasteiger charge is 2.16. The molecule has 0 N–H and O–H groups in total. The molecule has 3 rings (SSSR count). The molecule has 0 atom stereocenters. The van der Waals surface area contributed by atoms with Crippen molar-refractivity contribution >= 4 is 50.9 Å². The monoisotopic (exact) mass is 395 g/mol. The molecule has 0 saturated carbocycles. The van der Waals surface area contributed by atoms with Crippen LogP contribution in [0.4, 0.5) is 0 Å². The highest BCUT2D eigenvalue weighted by Crippen LogP contribution is 2.26. The molecule has 0 spiro atoms. The summed E-state index contributed by atoms with van der Waals surface area (Å²) < 4.78 is 2.99. The van der Waals surface area contributed by atoms with Crippen molar-refractivity contribution in [2.75, 3.05) is 0 Å². The van der Waals surface area contributed by atoms with E-state index in [2.05, 4.69) is 22.6 Å². The molecule has 0 aliphatic carbocycles. The van der Waals surface area contributed by atoms with Crippen molar-refractivity contribution in [1.29, 1.82) is 0 Å². The number of hydrogen-bond donors (Lipinski definition) is 0. The molecule has 0 saturated heterocycles. The normalized spacial score (nSPS) is 10.9. The molecule has 0 aliphatic rings. The third kappa shape index (κ3) is 2.36. The van der Waals surface area contributed by atoms with E-state index in [1.165, 1.54) is 0 Å². The second-order valence-corrected chi connectivity index (χ2v) is 6.34. The largest absolute Gasteiger partial charge is 0.350 e. The molecule has 0 aliphatic heterocycles. The second kappa shape index (κ2) is 5.22. The Labute approximate surface area is 135 Å². The van der Waals surface area contributed by atoms with Crippen LogP contribution in [0.2, 0.25) is 5.02 Å². The van der Waals surface area contributed by atoms with Crippen LogP contribution >= 0.6 is 34.2 Å². The average Bonchev–Trinajstić information content (AvgIpc) is 2.75. The summed E-state index contributed by atoms with van der Waals surface area (Å²) in [5, 5.41) is 1.60. The smallest absolute Gasteiger partial charge is 0.195 e. The Morgan fingerprint density at radius 2 is 2.00 bits per heavy atom. The summed E-state index contributed by atoms with van der Waals surface area (Å²) in [6.45, 7) is 0. The van der Waals surface area contributed by atoms with E-state index in [4.69, 9.17) is 11.6 Å². The van der Waals surface area contributed by atoms with Crippen molar-refractivity contribution in [3.63, 3.8) is 0 Å². The van der Waals surface area contributed by atoms with E-state index in [-0.39, 0.29) is 5.78 Å². The van der Waals surface area contributed by atoms with Crippen molar-refractivity contribution in [3.05, 3.63) is 68.4 Å². The number of rotatable bonds is 2. The molecule has 2 nitrogen and oxygen atoms in total. The minimum absolute atomic E-state index is 0.0384. The van der Waals surface area contributed by atoms with Gasteiger partial charge in [0.25, 0.3) is 0 Å². The molecule has 0 radical (unpaired) electrons. The molecule has 0 bridgehead atoms. The van der Waals surface area contributed by atoms with Crippen LogP contribution in [-0.4, -0.2) is 10.4 Å². The number of carbonyl (C=O) groups is 1. The average molecular weight is 396 g/mol. The van der Waals surface area contributed by atoms with Crippen LogP contribution in [0, 0.1) is 3.57 Å². The Kier molecular flexibility index (Phi) is 3.56. The molecule has 100 valence electrons. The van der Waals surface area contributed by atoms with Gasteiger partial charge in [-0.15, -0.1) is 0 Å². The molecule has 0 fully saturated rings. The van der Waals surface area contributed by atoms with E-state index in [1.54, 1.807) is 0 Å². The van der Waals surface area contributed by atoms with E-state index < -0.39 is 0 Å². The van der Waals surface area contributed by atoms with Gasteiger partial charge in [-0.25, -0.2) is 0 Å². The lowest BCUT2D eigenvalue weighted by Crippen LogP contribution is -2.00. The molecule has 4 heteroatoms. The molecule has 20 heavy (non-hydrogen) atoms. The second-order valence-electron chi connectivity index (χ2n) is 4.65. The molecule has 1 heterocycles. The summed E-state index contributed by atoms with van der Waals surface area (Å²) in [5.41, 5.74) is 2.38. The first kappa shape index (κ1) is 13.6. The van der Waals surface area contributed by atoms with Gasteiger partial charge in [0.1, 0.15) is 0 Å². The highest BCUT2D eigenvalue weighted by atomic mass is 127. The molecule has 3 aromatic rings. The lowest BCUT2D eigenvalue weighted by Gasteiger charge is -2.00. The first-order valence-corrected chi connectivity index (χ1v) is 7.57. The summed E-state index contributed by atoms with van der Waals surface area (Å²) in [6.07, 6.45) is 1.86. The molecular formula is C16H11ClINO. The number of halogens is 2. The maximum atomic E-state index is 12.7. The van der Waals surface area contributed by atoms with Gasteiger partial charge in [-0.2, -0.15) is 0 Å². The van der Waals surface area contributed by atoms with Gasteiger partial charge in [0.2, 0.25) is 0 Å². The molecule has 0 unspecified atom stereocenters. The summed E-state index contributed by atoms with van der Waals surface area (Å²) in [4.78, 5) is 12.7. The Balaban J connectivity index is 2.17.